The lowest BCUT2D eigenvalue weighted by Gasteiger charge is -2.34. The Kier molecular flexibility index (Phi) is 6.93. The van der Waals surface area contributed by atoms with E-state index in [1.165, 1.54) is 11.1 Å². The topological polar surface area (TPSA) is 54.3 Å². The number of amides is 1. The lowest BCUT2D eigenvalue weighted by atomic mass is 10.2. The molecule has 0 bridgehead atoms. The fourth-order valence-electron chi connectivity index (χ4n) is 4.15. The van der Waals surface area contributed by atoms with E-state index in [4.69, 9.17) is 5.10 Å². The van der Waals surface area contributed by atoms with E-state index < -0.39 is 0 Å². The highest BCUT2D eigenvalue weighted by atomic mass is 32.1. The van der Waals surface area contributed by atoms with Crippen LogP contribution < -0.4 is 0 Å². The van der Waals surface area contributed by atoms with Gasteiger partial charge in [-0.3, -0.25) is 19.4 Å². The van der Waals surface area contributed by atoms with Gasteiger partial charge in [-0.25, -0.2) is 0 Å². The molecule has 4 aromatic rings. The molecule has 1 aliphatic heterocycles. The number of piperazine rings is 1. The van der Waals surface area contributed by atoms with Gasteiger partial charge in [-0.15, -0.1) is 11.3 Å². The van der Waals surface area contributed by atoms with E-state index in [1.54, 1.807) is 17.4 Å². The van der Waals surface area contributed by atoms with Gasteiger partial charge in [0.1, 0.15) is 5.69 Å². The van der Waals surface area contributed by atoms with E-state index in [2.05, 4.69) is 33.5 Å². The van der Waals surface area contributed by atoms with Gasteiger partial charge in [-0.2, -0.15) is 5.10 Å². The number of nitrogens with zero attached hydrogens (tertiary/aromatic N) is 5. The zero-order valence-electron chi connectivity index (χ0n) is 19.0. The molecule has 3 aromatic heterocycles. The fourth-order valence-corrected chi connectivity index (χ4v) is 4.89. The Morgan fingerprint density at radius 2 is 1.68 bits per heavy atom. The largest absolute Gasteiger partial charge is 0.337 e. The van der Waals surface area contributed by atoms with E-state index in [0.717, 1.165) is 48.9 Å². The van der Waals surface area contributed by atoms with Gasteiger partial charge in [0.05, 0.1) is 11.4 Å². The molecule has 0 unspecified atom stereocenters. The predicted molar refractivity (Wildman–Crippen MR) is 136 cm³/mol. The number of benzene rings is 1. The second-order valence-electron chi connectivity index (χ2n) is 8.38. The van der Waals surface area contributed by atoms with E-state index >= 15 is 0 Å². The second-order valence-corrected chi connectivity index (χ2v) is 9.33. The summed E-state index contributed by atoms with van der Waals surface area (Å²) in [5.41, 5.74) is 4.32. The van der Waals surface area contributed by atoms with Crippen LogP contribution in [0.2, 0.25) is 0 Å². The first-order chi connectivity index (χ1) is 16.7. The maximum Gasteiger partial charge on any atom is 0.246 e. The van der Waals surface area contributed by atoms with Crippen LogP contribution in [0.25, 0.3) is 16.6 Å². The van der Waals surface area contributed by atoms with Gasteiger partial charge in [0.25, 0.3) is 0 Å². The van der Waals surface area contributed by atoms with Gasteiger partial charge in [-0.1, -0.05) is 36.4 Å². The molecule has 1 fully saturated rings. The van der Waals surface area contributed by atoms with E-state index in [1.807, 2.05) is 70.6 Å². The molecule has 1 aliphatic rings. The summed E-state index contributed by atoms with van der Waals surface area (Å²) in [6, 6.07) is 18.5. The Morgan fingerprint density at radius 3 is 2.41 bits per heavy atom. The molecule has 1 aromatic carbocycles. The zero-order chi connectivity index (χ0) is 23.2. The molecule has 0 saturated carbocycles. The third-order valence-electron chi connectivity index (χ3n) is 5.98. The summed E-state index contributed by atoms with van der Waals surface area (Å²) in [5.74, 6) is 0.0523. The van der Waals surface area contributed by atoms with Crippen LogP contribution in [0.15, 0.2) is 84.6 Å². The number of aromatic nitrogens is 3. The number of rotatable bonds is 7. The summed E-state index contributed by atoms with van der Waals surface area (Å²) >= 11 is 1.66. The molecule has 0 N–H and O–H groups in total. The Balaban J connectivity index is 1.24. The highest BCUT2D eigenvalue weighted by molar-refractivity contribution is 7.13. The molecule has 1 saturated heterocycles. The molecule has 4 heterocycles. The summed E-state index contributed by atoms with van der Waals surface area (Å²) in [7, 11) is 0. The van der Waals surface area contributed by atoms with Gasteiger partial charge in [0.2, 0.25) is 5.91 Å². The van der Waals surface area contributed by atoms with Gasteiger partial charge < -0.3 is 4.90 Å². The van der Waals surface area contributed by atoms with Gasteiger partial charge in [-0.05, 0) is 40.8 Å². The molecule has 5 rings (SSSR count). The SMILES string of the molecule is O=C(/C=C/c1cn(Cc2ccccc2)nc1-c1cccs1)N1CCN(Cc2ccncc2)CC1. The first-order valence-electron chi connectivity index (χ1n) is 11.5. The standard InChI is InChI=1S/C27H27N5OS/c33-26(31-16-14-30(15-17-31)19-23-10-12-28-13-11-23)9-8-24-21-32(20-22-5-2-1-3-6-22)29-27(24)25-7-4-18-34-25/h1-13,18,21H,14-17,19-20H2/b9-8+. The predicted octanol–water partition coefficient (Wildman–Crippen LogP) is 4.41. The average Bonchev–Trinajstić information content (AvgIpc) is 3.54. The summed E-state index contributed by atoms with van der Waals surface area (Å²) in [5, 5.41) is 6.88. The molecule has 172 valence electrons. The monoisotopic (exact) mass is 469 g/mol. The summed E-state index contributed by atoms with van der Waals surface area (Å²) in [6.45, 7) is 4.80. The van der Waals surface area contributed by atoms with Crippen LogP contribution in [0, 0.1) is 0 Å². The Morgan fingerprint density at radius 1 is 0.912 bits per heavy atom. The van der Waals surface area contributed by atoms with E-state index in [9.17, 15) is 4.79 Å². The summed E-state index contributed by atoms with van der Waals surface area (Å²) in [6.07, 6.45) is 9.28. The Hall–Kier alpha value is -3.55. The number of carbonyl (C=O) groups excluding carboxylic acids is 1. The van der Waals surface area contributed by atoms with Crippen molar-refractivity contribution in [1.82, 2.24) is 24.6 Å². The molecule has 0 aliphatic carbocycles. The van der Waals surface area contributed by atoms with Gasteiger partial charge in [0, 0.05) is 63.0 Å². The van der Waals surface area contributed by atoms with Crippen LogP contribution in [0.5, 0.6) is 0 Å². The lowest BCUT2D eigenvalue weighted by molar-refractivity contribution is -0.127. The summed E-state index contributed by atoms with van der Waals surface area (Å²) < 4.78 is 1.95. The minimum absolute atomic E-state index is 0.0523. The lowest BCUT2D eigenvalue weighted by Crippen LogP contribution is -2.47. The smallest absolute Gasteiger partial charge is 0.246 e. The van der Waals surface area contributed by atoms with Crippen LogP contribution in [-0.2, 0) is 17.9 Å². The number of pyridine rings is 1. The third-order valence-corrected chi connectivity index (χ3v) is 6.85. The first-order valence-corrected chi connectivity index (χ1v) is 12.4. The minimum Gasteiger partial charge on any atom is -0.337 e. The molecule has 7 heteroatoms. The average molecular weight is 470 g/mol. The van der Waals surface area contributed by atoms with Crippen molar-refractivity contribution in [2.24, 2.45) is 0 Å². The number of thiophene rings is 1. The molecule has 1 amide bonds. The Bertz CT molecular complexity index is 1230. The minimum atomic E-state index is 0.0523. The summed E-state index contributed by atoms with van der Waals surface area (Å²) in [4.78, 5) is 22.4. The van der Waals surface area contributed by atoms with Crippen molar-refractivity contribution in [2.45, 2.75) is 13.1 Å². The van der Waals surface area contributed by atoms with Gasteiger partial charge >= 0.3 is 0 Å². The zero-order valence-corrected chi connectivity index (χ0v) is 19.8. The Labute approximate surface area is 203 Å². The fraction of sp³-hybridized carbons (Fsp3) is 0.222. The molecule has 0 spiro atoms. The van der Waals surface area contributed by atoms with E-state index in [-0.39, 0.29) is 5.91 Å². The third kappa shape index (κ3) is 5.50. The molecule has 0 atom stereocenters. The van der Waals surface area contributed by atoms with E-state index in [0.29, 0.717) is 6.54 Å². The number of hydrogen-bond donors (Lipinski definition) is 0. The molecule has 34 heavy (non-hydrogen) atoms. The van der Waals surface area contributed by atoms with Crippen molar-refractivity contribution >= 4 is 23.3 Å². The first kappa shape index (κ1) is 22.3. The highest BCUT2D eigenvalue weighted by Gasteiger charge is 2.20. The van der Waals surface area contributed by atoms with Crippen LogP contribution in [0.4, 0.5) is 0 Å². The number of hydrogen-bond acceptors (Lipinski definition) is 5. The molecule has 0 radical (unpaired) electrons. The van der Waals surface area contributed by atoms with Crippen LogP contribution >= 0.6 is 11.3 Å². The second kappa shape index (κ2) is 10.6. The normalized spacial score (nSPS) is 14.6. The van der Waals surface area contributed by atoms with Crippen molar-refractivity contribution in [3.63, 3.8) is 0 Å². The molecule has 6 nitrogen and oxygen atoms in total. The van der Waals surface area contributed by atoms with Crippen LogP contribution in [0.1, 0.15) is 16.7 Å². The number of carbonyl (C=O) groups is 1. The maximum atomic E-state index is 12.9. The highest BCUT2D eigenvalue weighted by Crippen LogP contribution is 2.28. The van der Waals surface area contributed by atoms with Crippen LogP contribution in [0.3, 0.4) is 0 Å². The van der Waals surface area contributed by atoms with Crippen molar-refractivity contribution in [2.75, 3.05) is 26.2 Å². The van der Waals surface area contributed by atoms with Crippen molar-refractivity contribution in [1.29, 1.82) is 0 Å². The van der Waals surface area contributed by atoms with Crippen molar-refractivity contribution in [3.8, 4) is 10.6 Å². The quantitative estimate of drug-likeness (QED) is 0.376. The van der Waals surface area contributed by atoms with Crippen molar-refractivity contribution in [3.05, 3.63) is 101 Å². The van der Waals surface area contributed by atoms with Crippen molar-refractivity contribution < 1.29 is 4.79 Å². The maximum absolute atomic E-state index is 12.9. The molecular formula is C27H27N5OS. The molecular weight excluding hydrogens is 442 g/mol. The van der Waals surface area contributed by atoms with Gasteiger partial charge in [0.15, 0.2) is 0 Å². The van der Waals surface area contributed by atoms with Crippen LogP contribution in [-0.4, -0.2) is 56.7 Å².